The molecule has 1 amide bonds. The molecule has 5 heteroatoms. The normalized spacial score (nSPS) is 26.1. The van der Waals surface area contributed by atoms with E-state index in [1.54, 1.807) is 12.1 Å². The van der Waals surface area contributed by atoms with Crippen molar-refractivity contribution in [3.8, 4) is 5.75 Å². The van der Waals surface area contributed by atoms with Crippen molar-refractivity contribution in [1.29, 1.82) is 0 Å². The van der Waals surface area contributed by atoms with Crippen molar-refractivity contribution in [2.45, 2.75) is 37.8 Å². The van der Waals surface area contributed by atoms with E-state index in [0.29, 0.717) is 17.7 Å². The fourth-order valence-electron chi connectivity index (χ4n) is 4.29. The van der Waals surface area contributed by atoms with Gasteiger partial charge in [-0.1, -0.05) is 18.2 Å². The maximum Gasteiger partial charge on any atom is 0.240 e. The van der Waals surface area contributed by atoms with E-state index >= 15 is 0 Å². The predicted octanol–water partition coefficient (Wildman–Crippen LogP) is 2.26. The van der Waals surface area contributed by atoms with E-state index in [9.17, 15) is 9.90 Å². The molecule has 0 spiro atoms. The summed E-state index contributed by atoms with van der Waals surface area (Å²) in [7, 11) is 0. The third-order valence-electron chi connectivity index (χ3n) is 5.76. The molecule has 2 fully saturated rings. The van der Waals surface area contributed by atoms with Crippen LogP contribution in [0.15, 0.2) is 30.3 Å². The maximum absolute atomic E-state index is 12.9. The van der Waals surface area contributed by atoms with Crippen LogP contribution in [0.4, 0.5) is 0 Å². The highest BCUT2D eigenvalue weighted by molar-refractivity contribution is 5.84. The molecule has 3 aliphatic heterocycles. The van der Waals surface area contributed by atoms with Crippen molar-refractivity contribution in [3.05, 3.63) is 35.9 Å². The summed E-state index contributed by atoms with van der Waals surface area (Å²) in [6.45, 7) is 4.20. The molecule has 0 radical (unpaired) electrons. The number of hydrogen-bond acceptors (Lipinski definition) is 4. The summed E-state index contributed by atoms with van der Waals surface area (Å²) in [6.07, 6.45) is 6.08. The molecule has 0 aliphatic carbocycles. The summed E-state index contributed by atoms with van der Waals surface area (Å²) < 4.78 is 5.43. The Balaban J connectivity index is 1.39. The van der Waals surface area contributed by atoms with Gasteiger partial charge in [0.2, 0.25) is 5.91 Å². The molecule has 3 heterocycles. The smallest absolute Gasteiger partial charge is 0.240 e. The zero-order chi connectivity index (χ0) is 17.2. The predicted molar refractivity (Wildman–Crippen MR) is 96.2 cm³/mol. The Morgan fingerprint density at radius 3 is 2.48 bits per heavy atom. The second kappa shape index (κ2) is 7.18. The van der Waals surface area contributed by atoms with Gasteiger partial charge in [0.15, 0.2) is 0 Å². The van der Waals surface area contributed by atoms with Gasteiger partial charge >= 0.3 is 0 Å². The van der Waals surface area contributed by atoms with E-state index in [0.717, 1.165) is 58.5 Å². The van der Waals surface area contributed by atoms with E-state index in [-0.39, 0.29) is 6.04 Å². The minimum absolute atomic E-state index is 0.0421. The van der Waals surface area contributed by atoms with Crippen LogP contribution in [0, 0.1) is 0 Å². The number of carbonyl (C=O) groups is 1. The minimum atomic E-state index is 0.0421. The van der Waals surface area contributed by atoms with Gasteiger partial charge in [-0.05, 0) is 49.0 Å². The number of carbonyl (C=O) groups excluding carboxylic acids is 1. The highest BCUT2D eigenvalue weighted by atomic mass is 16.5. The highest BCUT2D eigenvalue weighted by Gasteiger charge is 2.39. The molecule has 0 saturated carbocycles. The van der Waals surface area contributed by atoms with E-state index < -0.39 is 0 Å². The standard InChI is InChI=1S/C20H26N2O3/c23-18-3-1-15(2-4-18)16-5-10-21(11-6-16)19-7-12-22(20(19)24)17-8-13-25-14-9-17/h1-5,17,19,23H,6-14H2/t19-/m0/s1. The van der Waals surface area contributed by atoms with Crippen LogP contribution in [0.1, 0.15) is 31.2 Å². The first-order valence-electron chi connectivity index (χ1n) is 9.33. The number of phenols is 1. The lowest BCUT2D eigenvalue weighted by molar-refractivity contribution is -0.135. The van der Waals surface area contributed by atoms with Gasteiger partial charge in [0.1, 0.15) is 5.75 Å². The number of nitrogens with zero attached hydrogens (tertiary/aromatic N) is 2. The van der Waals surface area contributed by atoms with Crippen LogP contribution < -0.4 is 0 Å². The van der Waals surface area contributed by atoms with Crippen LogP contribution in [0.2, 0.25) is 0 Å². The molecule has 2 saturated heterocycles. The quantitative estimate of drug-likeness (QED) is 0.915. The second-order valence-electron chi connectivity index (χ2n) is 7.20. The molecular formula is C20H26N2O3. The van der Waals surface area contributed by atoms with Gasteiger partial charge in [-0.15, -0.1) is 0 Å². The molecule has 1 aromatic rings. The van der Waals surface area contributed by atoms with Crippen LogP contribution in [0.3, 0.4) is 0 Å². The lowest BCUT2D eigenvalue weighted by Crippen LogP contribution is -2.47. The third kappa shape index (κ3) is 3.44. The molecule has 1 aromatic carbocycles. The summed E-state index contributed by atoms with van der Waals surface area (Å²) in [5.74, 6) is 0.611. The monoisotopic (exact) mass is 342 g/mol. The van der Waals surface area contributed by atoms with Crippen molar-refractivity contribution in [2.75, 3.05) is 32.8 Å². The first-order valence-corrected chi connectivity index (χ1v) is 9.33. The molecule has 1 N–H and O–H groups in total. The van der Waals surface area contributed by atoms with Crippen molar-refractivity contribution in [1.82, 2.24) is 9.80 Å². The number of ether oxygens (including phenoxy) is 1. The largest absolute Gasteiger partial charge is 0.508 e. The number of aromatic hydroxyl groups is 1. The van der Waals surface area contributed by atoms with Gasteiger partial charge in [0.05, 0.1) is 6.04 Å². The van der Waals surface area contributed by atoms with E-state index in [1.807, 2.05) is 12.1 Å². The average Bonchev–Trinajstić information content (AvgIpc) is 3.05. The number of amides is 1. The average molecular weight is 342 g/mol. The first-order chi connectivity index (χ1) is 12.2. The van der Waals surface area contributed by atoms with E-state index in [4.69, 9.17) is 4.74 Å². The molecule has 25 heavy (non-hydrogen) atoms. The fraction of sp³-hybridized carbons (Fsp3) is 0.550. The summed E-state index contributed by atoms with van der Waals surface area (Å²) in [4.78, 5) is 17.3. The molecule has 4 rings (SSSR count). The number of rotatable bonds is 3. The van der Waals surface area contributed by atoms with Crippen LogP contribution in [0.25, 0.3) is 5.57 Å². The van der Waals surface area contributed by atoms with Gasteiger partial charge in [-0.25, -0.2) is 0 Å². The van der Waals surface area contributed by atoms with Gasteiger partial charge in [0, 0.05) is 38.9 Å². The third-order valence-corrected chi connectivity index (χ3v) is 5.76. The second-order valence-corrected chi connectivity index (χ2v) is 7.20. The lowest BCUT2D eigenvalue weighted by atomic mass is 9.98. The molecule has 0 unspecified atom stereocenters. The zero-order valence-corrected chi connectivity index (χ0v) is 14.6. The molecule has 134 valence electrons. The van der Waals surface area contributed by atoms with Crippen LogP contribution >= 0.6 is 0 Å². The van der Waals surface area contributed by atoms with Crippen molar-refractivity contribution in [3.63, 3.8) is 0 Å². The van der Waals surface area contributed by atoms with Crippen molar-refractivity contribution < 1.29 is 14.6 Å². The Labute approximate surface area is 148 Å². The van der Waals surface area contributed by atoms with Crippen LogP contribution in [-0.2, 0) is 9.53 Å². The topological polar surface area (TPSA) is 53.0 Å². The summed E-state index contributed by atoms with van der Waals surface area (Å²) in [6, 6.07) is 7.80. The lowest BCUT2D eigenvalue weighted by Gasteiger charge is -2.34. The Morgan fingerprint density at radius 1 is 1.04 bits per heavy atom. The Hall–Kier alpha value is -1.85. The maximum atomic E-state index is 12.9. The summed E-state index contributed by atoms with van der Waals surface area (Å²) in [5.41, 5.74) is 2.47. The molecule has 1 atom stereocenters. The SMILES string of the molecule is O=C1[C@@H](N2CC=C(c3ccc(O)cc3)CC2)CCN1C1CCOCC1. The zero-order valence-electron chi connectivity index (χ0n) is 14.6. The molecule has 3 aliphatic rings. The highest BCUT2D eigenvalue weighted by Crippen LogP contribution is 2.29. The molecule has 5 nitrogen and oxygen atoms in total. The van der Waals surface area contributed by atoms with Gasteiger partial charge < -0.3 is 14.7 Å². The first kappa shape index (κ1) is 16.6. The van der Waals surface area contributed by atoms with Gasteiger partial charge in [-0.3, -0.25) is 9.69 Å². The van der Waals surface area contributed by atoms with Crippen LogP contribution in [0.5, 0.6) is 5.75 Å². The number of likely N-dealkylation sites (tertiary alicyclic amines) is 1. The molecule has 0 bridgehead atoms. The molecular weight excluding hydrogens is 316 g/mol. The van der Waals surface area contributed by atoms with Crippen molar-refractivity contribution >= 4 is 11.5 Å². The van der Waals surface area contributed by atoms with E-state index in [2.05, 4.69) is 15.9 Å². The number of benzene rings is 1. The Bertz CT molecular complexity index is 649. The van der Waals surface area contributed by atoms with Crippen molar-refractivity contribution in [2.24, 2.45) is 0 Å². The fourth-order valence-corrected chi connectivity index (χ4v) is 4.29. The summed E-state index contributed by atoms with van der Waals surface area (Å²) >= 11 is 0. The van der Waals surface area contributed by atoms with Gasteiger partial charge in [0.25, 0.3) is 0 Å². The minimum Gasteiger partial charge on any atom is -0.508 e. The summed E-state index contributed by atoms with van der Waals surface area (Å²) in [5, 5.41) is 9.42. The number of phenolic OH excluding ortho intramolecular Hbond substituents is 1. The van der Waals surface area contributed by atoms with Crippen LogP contribution in [-0.4, -0.2) is 65.7 Å². The number of hydrogen-bond donors (Lipinski definition) is 1. The van der Waals surface area contributed by atoms with Gasteiger partial charge in [-0.2, -0.15) is 0 Å². The van der Waals surface area contributed by atoms with E-state index in [1.165, 1.54) is 11.1 Å². The Kier molecular flexibility index (Phi) is 4.77. The molecule has 0 aromatic heterocycles. The Morgan fingerprint density at radius 2 is 1.80 bits per heavy atom.